The van der Waals surface area contributed by atoms with Crippen LogP contribution in [-0.2, 0) is 9.53 Å². The molecule has 68 valence electrons. The smallest absolute Gasteiger partial charge is 0.377 e. The first-order chi connectivity index (χ1) is 5.57. The van der Waals surface area contributed by atoms with Crippen molar-refractivity contribution < 1.29 is 24.9 Å². The van der Waals surface area contributed by atoms with Gasteiger partial charge in [0.2, 0.25) is 5.76 Å². The molecule has 1 rings (SSSR count). The number of cyclic esters (lactones) is 1. The molecule has 0 spiro atoms. The Morgan fingerprint density at radius 2 is 2.17 bits per heavy atom. The van der Waals surface area contributed by atoms with Gasteiger partial charge in [-0.15, -0.1) is 0 Å². The summed E-state index contributed by atoms with van der Waals surface area (Å²) >= 11 is 0. The molecule has 5 nitrogen and oxygen atoms in total. The number of carbonyl (C=O) groups excluding carboxylic acids is 1. The summed E-state index contributed by atoms with van der Waals surface area (Å²) in [5.41, 5.74) is 0. The molecule has 1 aliphatic rings. The second kappa shape index (κ2) is 3.02. The van der Waals surface area contributed by atoms with Crippen molar-refractivity contribution in [3.05, 3.63) is 11.5 Å². The molecule has 0 aromatic carbocycles. The molecule has 0 amide bonds. The molecule has 0 saturated carbocycles. The van der Waals surface area contributed by atoms with E-state index in [4.69, 9.17) is 15.3 Å². The van der Waals surface area contributed by atoms with E-state index in [2.05, 4.69) is 4.74 Å². The topological polar surface area (TPSA) is 87.0 Å². The lowest BCUT2D eigenvalue weighted by atomic mass is 10.1. The second-order valence-electron chi connectivity index (χ2n) is 2.72. The van der Waals surface area contributed by atoms with Gasteiger partial charge in [0.15, 0.2) is 11.9 Å². The molecule has 0 bridgehead atoms. The molecule has 1 heterocycles. The van der Waals surface area contributed by atoms with E-state index in [-0.39, 0.29) is 6.61 Å². The van der Waals surface area contributed by atoms with E-state index in [0.717, 1.165) is 0 Å². The Kier molecular flexibility index (Phi) is 2.23. The van der Waals surface area contributed by atoms with Gasteiger partial charge in [0.1, 0.15) is 0 Å². The summed E-state index contributed by atoms with van der Waals surface area (Å²) in [6, 6.07) is 0. The van der Waals surface area contributed by atoms with Crippen LogP contribution in [0.4, 0.5) is 0 Å². The van der Waals surface area contributed by atoms with Gasteiger partial charge in [0.05, 0.1) is 0 Å². The normalized spacial score (nSPS) is 25.8. The fourth-order valence-corrected chi connectivity index (χ4v) is 0.948. The van der Waals surface area contributed by atoms with E-state index < -0.39 is 29.5 Å². The van der Waals surface area contributed by atoms with Crippen LogP contribution in [0.25, 0.3) is 0 Å². The summed E-state index contributed by atoms with van der Waals surface area (Å²) in [4.78, 5) is 10.6. The van der Waals surface area contributed by atoms with Crippen LogP contribution in [0.15, 0.2) is 11.5 Å². The van der Waals surface area contributed by atoms with Crippen LogP contribution < -0.4 is 0 Å². The first-order valence-electron chi connectivity index (χ1n) is 3.51. The second-order valence-corrected chi connectivity index (χ2v) is 2.72. The van der Waals surface area contributed by atoms with E-state index in [0.29, 0.717) is 0 Å². The third kappa shape index (κ3) is 1.23. The Labute approximate surface area is 68.9 Å². The third-order valence-corrected chi connectivity index (χ3v) is 1.74. The van der Waals surface area contributed by atoms with Crippen molar-refractivity contribution in [3.8, 4) is 0 Å². The van der Waals surface area contributed by atoms with Crippen LogP contribution in [0, 0.1) is 5.92 Å². The SMILES string of the molecule is C[C@H](CO)C1OC(=O)C(O)=C1O. The maximum atomic E-state index is 10.6. The number of aliphatic hydroxyl groups excluding tert-OH is 3. The number of hydrogen-bond acceptors (Lipinski definition) is 5. The lowest BCUT2D eigenvalue weighted by Crippen LogP contribution is -2.23. The zero-order chi connectivity index (χ0) is 9.30. The fraction of sp³-hybridized carbons (Fsp3) is 0.571. The first kappa shape index (κ1) is 8.86. The molecule has 0 aromatic heterocycles. The molecule has 0 saturated heterocycles. The van der Waals surface area contributed by atoms with Crippen molar-refractivity contribution in [2.45, 2.75) is 13.0 Å². The minimum atomic E-state index is -0.946. The first-order valence-corrected chi connectivity index (χ1v) is 3.51. The minimum Gasteiger partial charge on any atom is -0.505 e. The Bertz CT molecular complexity index is 232. The van der Waals surface area contributed by atoms with Gasteiger partial charge in [-0.1, -0.05) is 6.92 Å². The largest absolute Gasteiger partial charge is 0.505 e. The monoisotopic (exact) mass is 174 g/mol. The highest BCUT2D eigenvalue weighted by molar-refractivity contribution is 5.89. The lowest BCUT2D eigenvalue weighted by molar-refractivity contribution is -0.144. The van der Waals surface area contributed by atoms with E-state index in [1.807, 2.05) is 0 Å². The number of hydrogen-bond donors (Lipinski definition) is 3. The fourth-order valence-electron chi connectivity index (χ4n) is 0.948. The van der Waals surface area contributed by atoms with E-state index in [9.17, 15) is 4.79 Å². The van der Waals surface area contributed by atoms with Crippen molar-refractivity contribution in [1.29, 1.82) is 0 Å². The van der Waals surface area contributed by atoms with Crippen LogP contribution in [0.1, 0.15) is 6.92 Å². The van der Waals surface area contributed by atoms with Gasteiger partial charge in [-0.05, 0) is 0 Å². The maximum absolute atomic E-state index is 10.6. The zero-order valence-corrected chi connectivity index (χ0v) is 6.52. The molecule has 0 radical (unpaired) electrons. The van der Waals surface area contributed by atoms with Crippen molar-refractivity contribution in [1.82, 2.24) is 0 Å². The van der Waals surface area contributed by atoms with Gasteiger partial charge in [0.25, 0.3) is 0 Å². The number of aliphatic hydroxyl groups is 3. The van der Waals surface area contributed by atoms with Crippen molar-refractivity contribution >= 4 is 5.97 Å². The van der Waals surface area contributed by atoms with Crippen molar-refractivity contribution in [3.63, 3.8) is 0 Å². The van der Waals surface area contributed by atoms with Crippen molar-refractivity contribution in [2.24, 2.45) is 5.92 Å². The van der Waals surface area contributed by atoms with Crippen LogP contribution in [0.2, 0.25) is 0 Å². The molecular weight excluding hydrogens is 164 g/mol. The number of carbonyl (C=O) groups is 1. The van der Waals surface area contributed by atoms with E-state index in [1.165, 1.54) is 0 Å². The third-order valence-electron chi connectivity index (χ3n) is 1.74. The standard InChI is InChI=1S/C7H10O5/c1-3(2-8)6-4(9)5(10)7(11)12-6/h3,6,8-10H,2H2,1H3/t3-,6?/m1/s1. The highest BCUT2D eigenvalue weighted by atomic mass is 16.6. The predicted molar refractivity (Wildman–Crippen MR) is 38.4 cm³/mol. The van der Waals surface area contributed by atoms with Gasteiger partial charge in [-0.25, -0.2) is 4.79 Å². The summed E-state index contributed by atoms with van der Waals surface area (Å²) < 4.78 is 4.57. The summed E-state index contributed by atoms with van der Waals surface area (Å²) in [6.45, 7) is 1.36. The summed E-state index contributed by atoms with van der Waals surface area (Å²) in [7, 11) is 0. The molecule has 0 aromatic rings. The zero-order valence-electron chi connectivity index (χ0n) is 6.52. The summed E-state index contributed by atoms with van der Waals surface area (Å²) in [5, 5.41) is 26.6. The molecule has 2 atom stereocenters. The van der Waals surface area contributed by atoms with Gasteiger partial charge < -0.3 is 20.1 Å². The molecule has 1 unspecified atom stereocenters. The Morgan fingerprint density at radius 1 is 1.58 bits per heavy atom. The Morgan fingerprint density at radius 3 is 2.50 bits per heavy atom. The average molecular weight is 174 g/mol. The number of esters is 1. The Hall–Kier alpha value is -1.23. The number of ether oxygens (including phenoxy) is 1. The summed E-state index contributed by atoms with van der Waals surface area (Å²) in [5.74, 6) is -2.63. The molecule has 0 aliphatic carbocycles. The van der Waals surface area contributed by atoms with E-state index in [1.54, 1.807) is 6.92 Å². The van der Waals surface area contributed by atoms with Crippen molar-refractivity contribution in [2.75, 3.05) is 6.61 Å². The molecule has 1 aliphatic heterocycles. The summed E-state index contributed by atoms with van der Waals surface area (Å²) in [6.07, 6.45) is -0.914. The van der Waals surface area contributed by atoms with Crippen LogP contribution in [0.3, 0.4) is 0 Å². The van der Waals surface area contributed by atoms with Gasteiger partial charge in [-0.3, -0.25) is 0 Å². The van der Waals surface area contributed by atoms with E-state index >= 15 is 0 Å². The predicted octanol–water partition coefficient (Wildman–Crippen LogP) is -0.132. The minimum absolute atomic E-state index is 0.227. The Balaban J connectivity index is 2.80. The maximum Gasteiger partial charge on any atom is 0.377 e. The highest BCUT2D eigenvalue weighted by Crippen LogP contribution is 2.24. The van der Waals surface area contributed by atoms with Gasteiger partial charge >= 0.3 is 5.97 Å². The molecule has 12 heavy (non-hydrogen) atoms. The molecule has 3 N–H and O–H groups in total. The van der Waals surface area contributed by atoms with Crippen LogP contribution >= 0.6 is 0 Å². The number of rotatable bonds is 2. The van der Waals surface area contributed by atoms with Crippen LogP contribution in [0.5, 0.6) is 0 Å². The average Bonchev–Trinajstić information content (AvgIpc) is 2.32. The molecular formula is C7H10O5. The highest BCUT2D eigenvalue weighted by Gasteiger charge is 2.37. The van der Waals surface area contributed by atoms with Gasteiger partial charge in [-0.2, -0.15) is 0 Å². The lowest BCUT2D eigenvalue weighted by Gasteiger charge is -2.14. The van der Waals surface area contributed by atoms with Crippen LogP contribution in [-0.4, -0.2) is 34.0 Å². The van der Waals surface area contributed by atoms with Gasteiger partial charge in [0, 0.05) is 12.5 Å². The quantitative estimate of drug-likeness (QED) is 0.507. The molecule has 0 fully saturated rings. The molecule has 5 heteroatoms.